The highest BCUT2D eigenvalue weighted by molar-refractivity contribution is 6.05. The minimum Gasteiger partial charge on any atom is -0.497 e. The van der Waals surface area contributed by atoms with Crippen molar-refractivity contribution in [3.05, 3.63) is 59.2 Å². The summed E-state index contributed by atoms with van der Waals surface area (Å²) in [6.45, 7) is 2.00. The Hall–Kier alpha value is -3.35. The molecule has 1 amide bonds. The van der Waals surface area contributed by atoms with E-state index in [2.05, 4.69) is 5.10 Å². The third-order valence-electron chi connectivity index (χ3n) is 4.90. The number of aryl methyl sites for hydroxylation is 1. The van der Waals surface area contributed by atoms with Crippen LogP contribution >= 0.6 is 0 Å². The number of carboxylic acid groups (broad SMARTS) is 1. The molecule has 7 nitrogen and oxygen atoms in total. The summed E-state index contributed by atoms with van der Waals surface area (Å²) in [7, 11) is 3.16. The van der Waals surface area contributed by atoms with E-state index in [1.807, 2.05) is 37.3 Å². The molecule has 0 spiro atoms. The molecule has 1 aliphatic rings. The summed E-state index contributed by atoms with van der Waals surface area (Å²) in [6, 6.07) is 13.0. The topological polar surface area (TPSA) is 88.4 Å². The van der Waals surface area contributed by atoms with Crippen LogP contribution in [0.5, 0.6) is 11.5 Å². The molecular formula is C22H24N2O5. The highest BCUT2D eigenvalue weighted by Crippen LogP contribution is 2.36. The lowest BCUT2D eigenvalue weighted by Gasteiger charge is -2.22. The fourth-order valence-corrected chi connectivity index (χ4v) is 3.32. The standard InChI is InChI=1S/C22H24N2O5/c1-14-4-6-15(7-5-14)19-13-18(23-24(19)21(25)10-11-22(26)27)17-12-16(28-2)8-9-20(17)29-3/h4-9,12,19H,10-11,13H2,1-3H3,(H,26,27)/t19-/m0/s1. The molecule has 1 heterocycles. The van der Waals surface area contributed by atoms with Gasteiger partial charge in [0.2, 0.25) is 5.91 Å². The highest BCUT2D eigenvalue weighted by Gasteiger charge is 2.34. The molecule has 0 bridgehead atoms. The smallest absolute Gasteiger partial charge is 0.303 e. The number of benzene rings is 2. The summed E-state index contributed by atoms with van der Waals surface area (Å²) >= 11 is 0. The van der Waals surface area contributed by atoms with Crippen LogP contribution < -0.4 is 9.47 Å². The first-order valence-electron chi connectivity index (χ1n) is 9.33. The monoisotopic (exact) mass is 396 g/mol. The SMILES string of the molecule is COc1ccc(OC)c(C2=NN(C(=O)CCC(=O)O)[C@H](c3ccc(C)cc3)C2)c1. The average Bonchev–Trinajstić information content (AvgIpc) is 3.17. The number of aliphatic carboxylic acids is 1. The van der Waals surface area contributed by atoms with E-state index in [0.29, 0.717) is 23.6 Å². The van der Waals surface area contributed by atoms with E-state index in [9.17, 15) is 9.59 Å². The molecular weight excluding hydrogens is 372 g/mol. The molecule has 0 unspecified atom stereocenters. The van der Waals surface area contributed by atoms with E-state index in [-0.39, 0.29) is 24.8 Å². The molecule has 2 aromatic carbocycles. The van der Waals surface area contributed by atoms with E-state index in [1.165, 1.54) is 5.01 Å². The summed E-state index contributed by atoms with van der Waals surface area (Å²) in [6.07, 6.45) is 0.151. The maximum absolute atomic E-state index is 12.8. The van der Waals surface area contributed by atoms with Crippen LogP contribution in [0.3, 0.4) is 0 Å². The quantitative estimate of drug-likeness (QED) is 0.773. The maximum Gasteiger partial charge on any atom is 0.303 e. The lowest BCUT2D eigenvalue weighted by atomic mass is 9.97. The van der Waals surface area contributed by atoms with Crippen molar-refractivity contribution in [3.8, 4) is 11.5 Å². The van der Waals surface area contributed by atoms with Crippen LogP contribution in [0.25, 0.3) is 0 Å². The first kappa shape index (κ1) is 20.4. The van der Waals surface area contributed by atoms with E-state index in [4.69, 9.17) is 14.6 Å². The van der Waals surface area contributed by atoms with Gasteiger partial charge in [-0.3, -0.25) is 9.59 Å². The number of carbonyl (C=O) groups is 2. The summed E-state index contributed by atoms with van der Waals surface area (Å²) < 4.78 is 10.8. The number of hydrogen-bond acceptors (Lipinski definition) is 5. The number of hydrogen-bond donors (Lipinski definition) is 1. The Balaban J connectivity index is 1.98. The van der Waals surface area contributed by atoms with Gasteiger partial charge in [-0.25, -0.2) is 5.01 Å². The Morgan fingerprint density at radius 2 is 1.83 bits per heavy atom. The Kier molecular flexibility index (Phi) is 6.16. The number of amides is 1. The van der Waals surface area contributed by atoms with Crippen LogP contribution in [0, 0.1) is 6.92 Å². The van der Waals surface area contributed by atoms with Crippen molar-refractivity contribution >= 4 is 17.6 Å². The van der Waals surface area contributed by atoms with Crippen molar-refractivity contribution in [1.29, 1.82) is 0 Å². The summed E-state index contributed by atoms with van der Waals surface area (Å²) in [5, 5.41) is 14.9. The van der Waals surface area contributed by atoms with Crippen molar-refractivity contribution in [2.45, 2.75) is 32.2 Å². The molecule has 7 heteroatoms. The first-order valence-corrected chi connectivity index (χ1v) is 9.33. The summed E-state index contributed by atoms with van der Waals surface area (Å²) in [5.41, 5.74) is 3.50. The molecule has 0 fully saturated rings. The molecule has 0 saturated heterocycles. The Labute approximate surface area is 169 Å². The van der Waals surface area contributed by atoms with Gasteiger partial charge in [-0.2, -0.15) is 5.10 Å². The molecule has 1 N–H and O–H groups in total. The van der Waals surface area contributed by atoms with Gasteiger partial charge in [0.1, 0.15) is 11.5 Å². The fraction of sp³-hybridized carbons (Fsp3) is 0.318. The van der Waals surface area contributed by atoms with Crippen LogP contribution in [0.15, 0.2) is 47.6 Å². The van der Waals surface area contributed by atoms with Crippen LogP contribution in [0.4, 0.5) is 0 Å². The normalized spacial score (nSPS) is 15.8. The van der Waals surface area contributed by atoms with Crippen LogP contribution in [0.2, 0.25) is 0 Å². The number of methoxy groups -OCH3 is 2. The number of carboxylic acids is 1. The molecule has 0 aliphatic carbocycles. The Bertz CT molecular complexity index is 937. The predicted octanol–water partition coefficient (Wildman–Crippen LogP) is 3.55. The predicted molar refractivity (Wildman–Crippen MR) is 108 cm³/mol. The zero-order valence-electron chi connectivity index (χ0n) is 16.7. The number of hydrazone groups is 1. The molecule has 0 aromatic heterocycles. The number of ether oxygens (including phenoxy) is 2. The van der Waals surface area contributed by atoms with Gasteiger partial charge in [-0.1, -0.05) is 29.8 Å². The molecule has 3 rings (SSSR count). The van der Waals surface area contributed by atoms with Gasteiger partial charge in [-0.05, 0) is 30.7 Å². The van der Waals surface area contributed by atoms with Crippen LogP contribution in [-0.4, -0.2) is 41.9 Å². The third kappa shape index (κ3) is 4.56. The zero-order chi connectivity index (χ0) is 21.0. The second-order valence-electron chi connectivity index (χ2n) is 6.88. The van der Waals surface area contributed by atoms with Crippen molar-refractivity contribution < 1.29 is 24.2 Å². The average molecular weight is 396 g/mol. The number of carbonyl (C=O) groups excluding carboxylic acids is 1. The molecule has 0 radical (unpaired) electrons. The van der Waals surface area contributed by atoms with Gasteiger partial charge in [0.25, 0.3) is 0 Å². The Morgan fingerprint density at radius 1 is 1.10 bits per heavy atom. The maximum atomic E-state index is 12.8. The minimum absolute atomic E-state index is 0.107. The van der Waals surface area contributed by atoms with Gasteiger partial charge in [-0.15, -0.1) is 0 Å². The third-order valence-corrected chi connectivity index (χ3v) is 4.90. The molecule has 152 valence electrons. The van der Waals surface area contributed by atoms with Crippen LogP contribution in [-0.2, 0) is 9.59 Å². The lowest BCUT2D eigenvalue weighted by molar-refractivity contribution is -0.141. The molecule has 1 aliphatic heterocycles. The second kappa shape index (κ2) is 8.77. The Morgan fingerprint density at radius 3 is 2.45 bits per heavy atom. The lowest BCUT2D eigenvalue weighted by Crippen LogP contribution is -2.27. The number of rotatable bonds is 7. The van der Waals surface area contributed by atoms with E-state index >= 15 is 0 Å². The van der Waals surface area contributed by atoms with Crippen molar-refractivity contribution in [1.82, 2.24) is 5.01 Å². The largest absolute Gasteiger partial charge is 0.497 e. The fourth-order valence-electron chi connectivity index (χ4n) is 3.32. The first-order chi connectivity index (χ1) is 13.9. The number of nitrogens with zero attached hydrogens (tertiary/aromatic N) is 2. The second-order valence-corrected chi connectivity index (χ2v) is 6.88. The molecule has 0 saturated carbocycles. The van der Waals surface area contributed by atoms with Crippen molar-refractivity contribution in [3.63, 3.8) is 0 Å². The van der Waals surface area contributed by atoms with Gasteiger partial charge in [0.15, 0.2) is 0 Å². The molecule has 1 atom stereocenters. The highest BCUT2D eigenvalue weighted by atomic mass is 16.5. The molecule has 29 heavy (non-hydrogen) atoms. The van der Waals surface area contributed by atoms with Gasteiger partial charge < -0.3 is 14.6 Å². The van der Waals surface area contributed by atoms with E-state index < -0.39 is 5.97 Å². The summed E-state index contributed by atoms with van der Waals surface area (Å²) in [4.78, 5) is 23.7. The molecule has 2 aromatic rings. The van der Waals surface area contributed by atoms with E-state index in [0.717, 1.165) is 16.7 Å². The minimum atomic E-state index is -1.01. The van der Waals surface area contributed by atoms with Crippen molar-refractivity contribution in [2.24, 2.45) is 5.10 Å². The van der Waals surface area contributed by atoms with E-state index in [1.54, 1.807) is 26.4 Å². The van der Waals surface area contributed by atoms with Crippen LogP contribution in [0.1, 0.15) is 42.0 Å². The van der Waals surface area contributed by atoms with Gasteiger partial charge in [0.05, 0.1) is 32.4 Å². The van der Waals surface area contributed by atoms with Gasteiger partial charge >= 0.3 is 5.97 Å². The summed E-state index contributed by atoms with van der Waals surface area (Å²) in [5.74, 6) is -0.0454. The van der Waals surface area contributed by atoms with Crippen molar-refractivity contribution in [2.75, 3.05) is 14.2 Å². The zero-order valence-corrected chi connectivity index (χ0v) is 16.7. The van der Waals surface area contributed by atoms with Gasteiger partial charge in [0, 0.05) is 18.4 Å².